The number of nitrogens with zero attached hydrogens (tertiary/aromatic N) is 1. The Morgan fingerprint density at radius 2 is 2.19 bits per heavy atom. The van der Waals surface area contributed by atoms with E-state index in [0.29, 0.717) is 17.3 Å². The largest absolute Gasteiger partial charge is 0.495 e. The number of hydrogen-bond donors (Lipinski definition) is 2. The fourth-order valence-electron chi connectivity index (χ4n) is 1.85. The van der Waals surface area contributed by atoms with Crippen molar-refractivity contribution in [3.63, 3.8) is 0 Å². The van der Waals surface area contributed by atoms with Crippen LogP contribution >= 0.6 is 0 Å². The molecule has 0 aliphatic rings. The zero-order chi connectivity index (χ0) is 15.2. The van der Waals surface area contributed by atoms with Gasteiger partial charge in [0.2, 0.25) is 11.8 Å². The molecule has 1 heterocycles. The highest BCUT2D eigenvalue weighted by molar-refractivity contribution is 5.93. The van der Waals surface area contributed by atoms with E-state index in [1.54, 1.807) is 25.4 Å². The lowest BCUT2D eigenvalue weighted by atomic mass is 10.3. The van der Waals surface area contributed by atoms with Crippen molar-refractivity contribution in [2.24, 2.45) is 0 Å². The average molecular weight is 289 g/mol. The van der Waals surface area contributed by atoms with Crippen LogP contribution in [0.3, 0.4) is 0 Å². The molecule has 2 N–H and O–H groups in total. The number of rotatable bonds is 6. The highest BCUT2D eigenvalue weighted by Crippen LogP contribution is 2.22. The Bertz CT molecular complexity index is 610. The van der Waals surface area contributed by atoms with E-state index < -0.39 is 0 Å². The fourth-order valence-corrected chi connectivity index (χ4v) is 1.85. The van der Waals surface area contributed by atoms with E-state index in [0.717, 1.165) is 5.76 Å². The Hall–Kier alpha value is -2.34. The second-order valence-corrected chi connectivity index (χ2v) is 4.66. The molecular weight excluding hydrogens is 270 g/mol. The number of amides is 1. The molecule has 0 aliphatic heterocycles. The molecule has 0 saturated heterocycles. The summed E-state index contributed by atoms with van der Waals surface area (Å²) >= 11 is 0. The highest BCUT2D eigenvalue weighted by atomic mass is 16.5. The number of methoxy groups -OCH3 is 1. The van der Waals surface area contributed by atoms with Crippen LogP contribution in [0.4, 0.5) is 5.69 Å². The summed E-state index contributed by atoms with van der Waals surface area (Å²) in [5.74, 6) is 1.78. The number of aromatic nitrogens is 1. The van der Waals surface area contributed by atoms with Gasteiger partial charge in [0.05, 0.1) is 31.6 Å². The van der Waals surface area contributed by atoms with E-state index in [4.69, 9.17) is 9.15 Å². The Kier molecular flexibility index (Phi) is 4.94. The second kappa shape index (κ2) is 6.90. The van der Waals surface area contributed by atoms with Crippen molar-refractivity contribution in [3.8, 4) is 5.75 Å². The lowest BCUT2D eigenvalue weighted by Gasteiger charge is -2.12. The maximum absolute atomic E-state index is 11.9. The van der Waals surface area contributed by atoms with Crippen molar-refractivity contribution in [2.45, 2.75) is 19.9 Å². The van der Waals surface area contributed by atoms with Crippen molar-refractivity contribution in [1.82, 2.24) is 10.3 Å². The number of benzene rings is 1. The third-order valence-electron chi connectivity index (χ3n) is 2.96. The van der Waals surface area contributed by atoms with Crippen LogP contribution in [0, 0.1) is 6.92 Å². The number of hydrogen-bond acceptors (Lipinski definition) is 5. The quantitative estimate of drug-likeness (QED) is 0.853. The maximum Gasteiger partial charge on any atom is 0.238 e. The zero-order valence-electron chi connectivity index (χ0n) is 12.3. The monoisotopic (exact) mass is 289 g/mol. The molecule has 2 rings (SSSR count). The third kappa shape index (κ3) is 4.06. The molecule has 0 spiro atoms. The predicted octanol–water partition coefficient (Wildman–Crippen LogP) is 2.28. The topological polar surface area (TPSA) is 76.4 Å². The highest BCUT2D eigenvalue weighted by Gasteiger charge is 2.13. The van der Waals surface area contributed by atoms with Crippen LogP contribution in [-0.2, 0) is 4.79 Å². The van der Waals surface area contributed by atoms with Gasteiger partial charge < -0.3 is 14.5 Å². The Morgan fingerprint density at radius 1 is 1.43 bits per heavy atom. The van der Waals surface area contributed by atoms with Crippen LogP contribution in [0.15, 0.2) is 34.9 Å². The molecule has 0 aliphatic carbocycles. The molecule has 0 bridgehead atoms. The van der Waals surface area contributed by atoms with Crippen LogP contribution < -0.4 is 15.4 Å². The minimum atomic E-state index is -0.158. The molecule has 112 valence electrons. The summed E-state index contributed by atoms with van der Waals surface area (Å²) in [6.45, 7) is 3.87. The van der Waals surface area contributed by atoms with Gasteiger partial charge in [-0.05, 0) is 26.0 Å². The summed E-state index contributed by atoms with van der Waals surface area (Å²) in [6.07, 6.45) is 1.66. The summed E-state index contributed by atoms with van der Waals surface area (Å²) in [5, 5.41) is 5.86. The Balaban J connectivity index is 1.87. The van der Waals surface area contributed by atoms with Crippen molar-refractivity contribution in [3.05, 3.63) is 42.1 Å². The fraction of sp³-hybridized carbons (Fsp3) is 0.333. The Morgan fingerprint density at radius 3 is 2.86 bits per heavy atom. The molecule has 6 heteroatoms. The molecule has 6 nitrogen and oxygen atoms in total. The van der Waals surface area contributed by atoms with Gasteiger partial charge in [-0.25, -0.2) is 4.98 Å². The number of para-hydroxylation sites is 2. The SMILES string of the molecule is COc1ccccc1NC(=O)CNC(C)c1ncc(C)o1. The van der Waals surface area contributed by atoms with Crippen LogP contribution in [0.5, 0.6) is 5.75 Å². The van der Waals surface area contributed by atoms with E-state index in [9.17, 15) is 4.79 Å². The second-order valence-electron chi connectivity index (χ2n) is 4.66. The number of aryl methyl sites for hydroxylation is 1. The first-order valence-corrected chi connectivity index (χ1v) is 6.68. The van der Waals surface area contributed by atoms with E-state index in [-0.39, 0.29) is 18.5 Å². The number of carbonyl (C=O) groups is 1. The summed E-state index contributed by atoms with van der Waals surface area (Å²) in [7, 11) is 1.57. The van der Waals surface area contributed by atoms with Crippen LogP contribution in [0.1, 0.15) is 24.6 Å². The molecule has 0 fully saturated rings. The van der Waals surface area contributed by atoms with Crippen molar-refractivity contribution in [1.29, 1.82) is 0 Å². The van der Waals surface area contributed by atoms with Gasteiger partial charge in [0.1, 0.15) is 11.5 Å². The van der Waals surface area contributed by atoms with Gasteiger partial charge >= 0.3 is 0 Å². The summed E-state index contributed by atoms with van der Waals surface area (Å²) in [5.41, 5.74) is 0.645. The minimum absolute atomic E-state index is 0.137. The standard InChI is InChI=1S/C15H19N3O3/c1-10-8-17-15(21-10)11(2)16-9-14(19)18-12-6-4-5-7-13(12)20-3/h4-8,11,16H,9H2,1-3H3,(H,18,19). The summed E-state index contributed by atoms with van der Waals surface area (Å²) < 4.78 is 10.6. The number of oxazole rings is 1. The number of carbonyl (C=O) groups excluding carboxylic acids is 1. The Labute approximate surface area is 123 Å². The first-order valence-electron chi connectivity index (χ1n) is 6.68. The van der Waals surface area contributed by atoms with Gasteiger partial charge in [-0.3, -0.25) is 10.1 Å². The molecule has 1 atom stereocenters. The molecule has 1 aromatic heterocycles. The minimum Gasteiger partial charge on any atom is -0.495 e. The molecule has 1 unspecified atom stereocenters. The van der Waals surface area contributed by atoms with Gasteiger partial charge in [-0.2, -0.15) is 0 Å². The van der Waals surface area contributed by atoms with Gasteiger partial charge in [-0.1, -0.05) is 12.1 Å². The lowest BCUT2D eigenvalue weighted by Crippen LogP contribution is -2.30. The van der Waals surface area contributed by atoms with Crippen molar-refractivity contribution < 1.29 is 13.9 Å². The summed E-state index contributed by atoms with van der Waals surface area (Å²) in [6, 6.07) is 7.13. The normalized spacial score (nSPS) is 12.0. The van der Waals surface area contributed by atoms with E-state index >= 15 is 0 Å². The van der Waals surface area contributed by atoms with Crippen molar-refractivity contribution >= 4 is 11.6 Å². The third-order valence-corrected chi connectivity index (χ3v) is 2.96. The van der Waals surface area contributed by atoms with E-state index in [2.05, 4.69) is 15.6 Å². The lowest BCUT2D eigenvalue weighted by molar-refractivity contribution is -0.115. The van der Waals surface area contributed by atoms with E-state index in [1.807, 2.05) is 26.0 Å². The van der Waals surface area contributed by atoms with Crippen LogP contribution in [0.25, 0.3) is 0 Å². The van der Waals surface area contributed by atoms with Crippen LogP contribution in [-0.4, -0.2) is 24.5 Å². The van der Waals surface area contributed by atoms with Gasteiger partial charge in [0.15, 0.2) is 0 Å². The number of anilines is 1. The number of nitrogens with one attached hydrogen (secondary N) is 2. The van der Waals surface area contributed by atoms with Gasteiger partial charge in [0.25, 0.3) is 0 Å². The molecule has 1 amide bonds. The predicted molar refractivity (Wildman–Crippen MR) is 79.3 cm³/mol. The first-order chi connectivity index (χ1) is 10.1. The zero-order valence-corrected chi connectivity index (χ0v) is 12.3. The van der Waals surface area contributed by atoms with Crippen molar-refractivity contribution in [2.75, 3.05) is 19.0 Å². The maximum atomic E-state index is 11.9. The molecule has 0 saturated carbocycles. The average Bonchev–Trinajstić information content (AvgIpc) is 2.92. The van der Waals surface area contributed by atoms with Gasteiger partial charge in [0, 0.05) is 0 Å². The van der Waals surface area contributed by atoms with Crippen LogP contribution in [0.2, 0.25) is 0 Å². The molecule has 1 aromatic carbocycles. The molecular formula is C15H19N3O3. The smallest absolute Gasteiger partial charge is 0.238 e. The van der Waals surface area contributed by atoms with E-state index in [1.165, 1.54) is 0 Å². The summed E-state index contributed by atoms with van der Waals surface area (Å²) in [4.78, 5) is 16.1. The first kappa shape index (κ1) is 15.1. The molecule has 2 aromatic rings. The van der Waals surface area contributed by atoms with Gasteiger partial charge in [-0.15, -0.1) is 0 Å². The molecule has 21 heavy (non-hydrogen) atoms. The molecule has 0 radical (unpaired) electrons. The number of ether oxygens (including phenoxy) is 1.